The molecule has 1 N–H and O–H groups in total. The van der Waals surface area contributed by atoms with Crippen molar-refractivity contribution in [2.45, 2.75) is 32.6 Å². The third-order valence-corrected chi connectivity index (χ3v) is 5.35. The molecule has 1 aliphatic heterocycles. The second-order valence-corrected chi connectivity index (χ2v) is 7.30. The Morgan fingerprint density at radius 2 is 2.04 bits per heavy atom. The standard InChI is InChI=1S/C20H25N3O3S/c1-2-26-17-8-4-3-7-16(17)20-22-15(14-27-20)13-18(24)21-10-9-19(25)23-11-5-6-12-23/h3-4,7-8,14H,2,5-6,9-13H2,1H3,(H,21,24). The number of hydrogen-bond donors (Lipinski definition) is 1. The predicted octanol–water partition coefficient (Wildman–Crippen LogP) is 2.88. The van der Waals surface area contributed by atoms with E-state index < -0.39 is 0 Å². The highest BCUT2D eigenvalue weighted by Gasteiger charge is 2.17. The second-order valence-electron chi connectivity index (χ2n) is 6.44. The molecule has 1 aromatic carbocycles. The molecule has 3 rings (SSSR count). The van der Waals surface area contributed by atoms with E-state index in [1.807, 2.05) is 41.5 Å². The third-order valence-electron chi connectivity index (χ3n) is 4.43. The normalized spacial score (nSPS) is 13.6. The van der Waals surface area contributed by atoms with E-state index in [1.165, 1.54) is 11.3 Å². The average molecular weight is 388 g/mol. The van der Waals surface area contributed by atoms with Crippen LogP contribution in [-0.4, -0.2) is 47.9 Å². The fourth-order valence-electron chi connectivity index (χ4n) is 3.10. The first-order valence-electron chi connectivity index (χ1n) is 9.38. The third kappa shape index (κ3) is 5.29. The minimum atomic E-state index is -0.112. The van der Waals surface area contributed by atoms with Gasteiger partial charge in [-0.05, 0) is 31.9 Å². The maximum Gasteiger partial charge on any atom is 0.226 e. The van der Waals surface area contributed by atoms with Gasteiger partial charge in [0.05, 0.1) is 24.3 Å². The molecule has 0 unspecified atom stereocenters. The summed E-state index contributed by atoms with van der Waals surface area (Å²) < 4.78 is 5.65. The summed E-state index contributed by atoms with van der Waals surface area (Å²) in [7, 11) is 0. The predicted molar refractivity (Wildman–Crippen MR) is 106 cm³/mol. The van der Waals surface area contributed by atoms with Gasteiger partial charge in [-0.25, -0.2) is 4.98 Å². The van der Waals surface area contributed by atoms with Gasteiger partial charge in [0.15, 0.2) is 0 Å². The summed E-state index contributed by atoms with van der Waals surface area (Å²) in [5.41, 5.74) is 1.66. The highest BCUT2D eigenvalue weighted by molar-refractivity contribution is 7.13. The first-order chi connectivity index (χ1) is 13.2. The van der Waals surface area contributed by atoms with Gasteiger partial charge in [0.1, 0.15) is 10.8 Å². The average Bonchev–Trinajstić information content (AvgIpc) is 3.34. The van der Waals surface area contributed by atoms with Crippen LogP contribution in [0.2, 0.25) is 0 Å². The number of nitrogens with zero attached hydrogens (tertiary/aromatic N) is 2. The smallest absolute Gasteiger partial charge is 0.226 e. The Morgan fingerprint density at radius 1 is 1.26 bits per heavy atom. The molecule has 0 atom stereocenters. The van der Waals surface area contributed by atoms with Crippen molar-refractivity contribution in [3.8, 4) is 16.3 Å². The SMILES string of the molecule is CCOc1ccccc1-c1nc(CC(=O)NCCC(=O)N2CCCC2)cs1. The largest absolute Gasteiger partial charge is 0.493 e. The van der Waals surface area contributed by atoms with Crippen LogP contribution in [0.25, 0.3) is 10.6 Å². The zero-order valence-corrected chi connectivity index (χ0v) is 16.4. The van der Waals surface area contributed by atoms with Crippen LogP contribution in [0.4, 0.5) is 0 Å². The topological polar surface area (TPSA) is 71.5 Å². The first kappa shape index (κ1) is 19.4. The van der Waals surface area contributed by atoms with Gasteiger partial charge < -0.3 is 15.0 Å². The number of benzene rings is 1. The number of amides is 2. The Hall–Kier alpha value is -2.41. The molecular formula is C20H25N3O3S. The number of aromatic nitrogens is 1. The Morgan fingerprint density at radius 3 is 2.81 bits per heavy atom. The van der Waals surface area contributed by atoms with Gasteiger partial charge in [0.2, 0.25) is 11.8 Å². The van der Waals surface area contributed by atoms with Gasteiger partial charge in [-0.2, -0.15) is 0 Å². The Kier molecular flexibility index (Phi) is 6.81. The van der Waals surface area contributed by atoms with Gasteiger partial charge in [-0.15, -0.1) is 11.3 Å². The van der Waals surface area contributed by atoms with E-state index in [-0.39, 0.29) is 18.2 Å². The number of likely N-dealkylation sites (tertiary alicyclic amines) is 1. The number of hydrogen-bond acceptors (Lipinski definition) is 5. The molecule has 0 saturated carbocycles. The number of para-hydroxylation sites is 1. The van der Waals surface area contributed by atoms with E-state index in [0.29, 0.717) is 19.6 Å². The van der Waals surface area contributed by atoms with Crippen LogP contribution >= 0.6 is 11.3 Å². The molecule has 1 saturated heterocycles. The Labute approximate surface area is 163 Å². The minimum absolute atomic E-state index is 0.112. The highest BCUT2D eigenvalue weighted by atomic mass is 32.1. The van der Waals surface area contributed by atoms with Crippen molar-refractivity contribution >= 4 is 23.2 Å². The summed E-state index contributed by atoms with van der Waals surface area (Å²) in [6.07, 6.45) is 2.73. The Balaban J connectivity index is 1.50. The zero-order valence-electron chi connectivity index (χ0n) is 15.6. The van der Waals surface area contributed by atoms with Crippen LogP contribution in [0.5, 0.6) is 5.75 Å². The van der Waals surface area contributed by atoms with Crippen molar-refractivity contribution in [2.24, 2.45) is 0 Å². The molecule has 144 valence electrons. The summed E-state index contributed by atoms with van der Waals surface area (Å²) in [6.45, 7) is 4.60. The van der Waals surface area contributed by atoms with Crippen LogP contribution < -0.4 is 10.1 Å². The summed E-state index contributed by atoms with van der Waals surface area (Å²) in [4.78, 5) is 30.6. The van der Waals surface area contributed by atoms with Crippen molar-refractivity contribution in [1.29, 1.82) is 0 Å². The van der Waals surface area contributed by atoms with Gasteiger partial charge >= 0.3 is 0 Å². The molecule has 7 heteroatoms. The van der Waals surface area contributed by atoms with Crippen molar-refractivity contribution in [3.63, 3.8) is 0 Å². The van der Waals surface area contributed by atoms with E-state index in [4.69, 9.17) is 4.74 Å². The number of thiazole rings is 1. The minimum Gasteiger partial charge on any atom is -0.493 e. The maximum atomic E-state index is 12.1. The van der Waals surface area contributed by atoms with Crippen molar-refractivity contribution < 1.29 is 14.3 Å². The Bertz CT molecular complexity index is 784. The lowest BCUT2D eigenvalue weighted by atomic mass is 10.2. The molecule has 27 heavy (non-hydrogen) atoms. The maximum absolute atomic E-state index is 12.1. The second kappa shape index (κ2) is 9.50. The van der Waals surface area contributed by atoms with Crippen LogP contribution in [0.15, 0.2) is 29.6 Å². The van der Waals surface area contributed by atoms with E-state index in [2.05, 4.69) is 10.3 Å². The first-order valence-corrected chi connectivity index (χ1v) is 10.3. The molecule has 2 amide bonds. The van der Waals surface area contributed by atoms with Crippen LogP contribution in [0.3, 0.4) is 0 Å². The van der Waals surface area contributed by atoms with E-state index in [0.717, 1.165) is 47.9 Å². The van der Waals surface area contributed by atoms with Crippen molar-refractivity contribution in [1.82, 2.24) is 15.2 Å². The number of rotatable bonds is 8. The number of ether oxygens (including phenoxy) is 1. The van der Waals surface area contributed by atoms with Crippen LogP contribution in [0, 0.1) is 0 Å². The quantitative estimate of drug-likeness (QED) is 0.756. The fourth-order valence-corrected chi connectivity index (χ4v) is 3.95. The van der Waals surface area contributed by atoms with Crippen LogP contribution in [-0.2, 0) is 16.0 Å². The number of nitrogens with one attached hydrogen (secondary N) is 1. The van der Waals surface area contributed by atoms with Gasteiger partial charge in [0.25, 0.3) is 0 Å². The molecule has 0 radical (unpaired) electrons. The summed E-state index contributed by atoms with van der Waals surface area (Å²) in [5, 5.41) is 5.55. The molecule has 0 aliphatic carbocycles. The molecule has 0 bridgehead atoms. The van der Waals surface area contributed by atoms with Gasteiger partial charge in [0, 0.05) is 31.4 Å². The highest BCUT2D eigenvalue weighted by Crippen LogP contribution is 2.32. The molecule has 1 aromatic heterocycles. The van der Waals surface area contributed by atoms with E-state index >= 15 is 0 Å². The lowest BCUT2D eigenvalue weighted by Gasteiger charge is -2.15. The van der Waals surface area contributed by atoms with Gasteiger partial charge in [-0.3, -0.25) is 9.59 Å². The summed E-state index contributed by atoms with van der Waals surface area (Å²) in [5.74, 6) is 0.807. The lowest BCUT2D eigenvalue weighted by Crippen LogP contribution is -2.33. The van der Waals surface area contributed by atoms with Gasteiger partial charge in [-0.1, -0.05) is 12.1 Å². The fraction of sp³-hybridized carbons (Fsp3) is 0.450. The molecule has 2 aromatic rings. The number of carbonyl (C=O) groups is 2. The molecule has 1 fully saturated rings. The monoisotopic (exact) mass is 387 g/mol. The molecule has 0 spiro atoms. The van der Waals surface area contributed by atoms with Crippen molar-refractivity contribution in [3.05, 3.63) is 35.3 Å². The molecule has 6 nitrogen and oxygen atoms in total. The lowest BCUT2D eigenvalue weighted by molar-refractivity contribution is -0.130. The molecule has 1 aliphatic rings. The van der Waals surface area contributed by atoms with Crippen molar-refractivity contribution in [2.75, 3.05) is 26.2 Å². The molecular weight excluding hydrogens is 362 g/mol. The zero-order chi connectivity index (χ0) is 19.1. The molecule has 2 heterocycles. The summed E-state index contributed by atoms with van der Waals surface area (Å²) in [6, 6.07) is 7.77. The van der Waals surface area contributed by atoms with Crippen LogP contribution in [0.1, 0.15) is 31.9 Å². The van der Waals surface area contributed by atoms with E-state index in [1.54, 1.807) is 0 Å². The summed E-state index contributed by atoms with van der Waals surface area (Å²) >= 11 is 1.50. The number of carbonyl (C=O) groups excluding carboxylic acids is 2. The van der Waals surface area contributed by atoms with E-state index in [9.17, 15) is 9.59 Å².